The molecule has 0 radical (unpaired) electrons. The number of oxazole rings is 1. The van der Waals surface area contributed by atoms with E-state index in [-0.39, 0.29) is 0 Å². The zero-order valence-corrected chi connectivity index (χ0v) is 10.6. The highest BCUT2D eigenvalue weighted by molar-refractivity contribution is 5.82. The highest BCUT2D eigenvalue weighted by atomic mass is 16.3. The van der Waals surface area contributed by atoms with Crippen LogP contribution in [0.15, 0.2) is 59.0 Å². The van der Waals surface area contributed by atoms with Gasteiger partial charge in [-0.2, -0.15) is 0 Å². The molecule has 0 bridgehead atoms. The van der Waals surface area contributed by atoms with Crippen molar-refractivity contribution in [2.45, 2.75) is 0 Å². The summed E-state index contributed by atoms with van der Waals surface area (Å²) in [4.78, 5) is 9.02. The Morgan fingerprint density at radius 1 is 0.850 bits per heavy atom. The standard InChI is InChI=1S/C16H11N3O/c17-11-6-8-13-15(9-11)20-16(19-13)14-7-5-10-3-1-2-4-12(10)18-14/h1-9H,17H2. The maximum atomic E-state index is 5.74. The van der Waals surface area contributed by atoms with E-state index in [1.54, 1.807) is 6.07 Å². The van der Waals surface area contributed by atoms with Crippen LogP contribution in [0.2, 0.25) is 0 Å². The van der Waals surface area contributed by atoms with E-state index in [1.807, 2.05) is 48.5 Å². The summed E-state index contributed by atoms with van der Waals surface area (Å²) in [5.74, 6) is 0.511. The fourth-order valence-electron chi connectivity index (χ4n) is 2.24. The van der Waals surface area contributed by atoms with Crippen LogP contribution in [0.5, 0.6) is 0 Å². The molecule has 2 aromatic heterocycles. The van der Waals surface area contributed by atoms with Gasteiger partial charge in [0, 0.05) is 17.1 Å². The molecule has 4 heteroatoms. The van der Waals surface area contributed by atoms with E-state index < -0.39 is 0 Å². The minimum absolute atomic E-state index is 0.511. The molecular weight excluding hydrogens is 250 g/mol. The molecule has 0 aliphatic rings. The zero-order chi connectivity index (χ0) is 13.5. The predicted molar refractivity (Wildman–Crippen MR) is 79.2 cm³/mol. The number of hydrogen-bond acceptors (Lipinski definition) is 4. The molecule has 4 nitrogen and oxygen atoms in total. The molecule has 0 fully saturated rings. The molecule has 4 rings (SSSR count). The van der Waals surface area contributed by atoms with Gasteiger partial charge in [0.2, 0.25) is 5.89 Å². The monoisotopic (exact) mass is 261 g/mol. The highest BCUT2D eigenvalue weighted by Crippen LogP contribution is 2.25. The summed E-state index contributed by atoms with van der Waals surface area (Å²) in [7, 11) is 0. The van der Waals surface area contributed by atoms with Gasteiger partial charge in [-0.05, 0) is 24.3 Å². The number of rotatable bonds is 1. The molecule has 0 aliphatic carbocycles. The number of para-hydroxylation sites is 1. The fourth-order valence-corrected chi connectivity index (χ4v) is 2.24. The van der Waals surface area contributed by atoms with Gasteiger partial charge < -0.3 is 10.2 Å². The summed E-state index contributed by atoms with van der Waals surface area (Å²) in [5, 5.41) is 1.09. The zero-order valence-electron chi connectivity index (χ0n) is 10.6. The number of nitrogens with zero attached hydrogens (tertiary/aromatic N) is 2. The number of anilines is 1. The van der Waals surface area contributed by atoms with Gasteiger partial charge in [-0.15, -0.1) is 0 Å². The summed E-state index contributed by atoms with van der Waals surface area (Å²) in [5.41, 5.74) is 9.50. The van der Waals surface area contributed by atoms with Crippen LogP contribution >= 0.6 is 0 Å². The molecule has 0 atom stereocenters. The van der Waals surface area contributed by atoms with Gasteiger partial charge in [-0.25, -0.2) is 9.97 Å². The maximum Gasteiger partial charge on any atom is 0.246 e. The minimum Gasteiger partial charge on any atom is -0.435 e. The van der Waals surface area contributed by atoms with Crippen molar-refractivity contribution in [2.24, 2.45) is 0 Å². The number of nitrogens with two attached hydrogens (primary N) is 1. The molecule has 20 heavy (non-hydrogen) atoms. The van der Waals surface area contributed by atoms with Crippen molar-refractivity contribution in [1.29, 1.82) is 0 Å². The van der Waals surface area contributed by atoms with Crippen LogP contribution in [0.3, 0.4) is 0 Å². The van der Waals surface area contributed by atoms with Gasteiger partial charge in [0.05, 0.1) is 5.52 Å². The number of hydrogen-bond donors (Lipinski definition) is 1. The van der Waals surface area contributed by atoms with Crippen molar-refractivity contribution in [2.75, 3.05) is 5.73 Å². The third-order valence-corrected chi connectivity index (χ3v) is 3.23. The number of fused-ring (bicyclic) bond motifs is 2. The Hall–Kier alpha value is -2.88. The first-order chi connectivity index (χ1) is 9.79. The van der Waals surface area contributed by atoms with Crippen LogP contribution in [0, 0.1) is 0 Å². The largest absolute Gasteiger partial charge is 0.435 e. The second-order valence-corrected chi connectivity index (χ2v) is 4.64. The second kappa shape index (κ2) is 4.06. The smallest absolute Gasteiger partial charge is 0.246 e. The average molecular weight is 261 g/mol. The Labute approximate surface area is 114 Å². The normalized spacial score (nSPS) is 11.2. The van der Waals surface area contributed by atoms with E-state index in [0.717, 1.165) is 22.1 Å². The van der Waals surface area contributed by atoms with Crippen LogP contribution in [0.25, 0.3) is 33.6 Å². The van der Waals surface area contributed by atoms with Crippen LogP contribution in [-0.2, 0) is 0 Å². The van der Waals surface area contributed by atoms with Crippen molar-refractivity contribution in [3.05, 3.63) is 54.6 Å². The first-order valence-electron chi connectivity index (χ1n) is 6.32. The van der Waals surface area contributed by atoms with Crippen molar-refractivity contribution >= 4 is 27.7 Å². The van der Waals surface area contributed by atoms with Crippen molar-refractivity contribution < 1.29 is 4.42 Å². The highest BCUT2D eigenvalue weighted by Gasteiger charge is 2.10. The molecule has 2 N–H and O–H groups in total. The topological polar surface area (TPSA) is 64.9 Å². The van der Waals surface area contributed by atoms with E-state index in [2.05, 4.69) is 9.97 Å². The van der Waals surface area contributed by atoms with Crippen LogP contribution in [0.4, 0.5) is 5.69 Å². The third-order valence-electron chi connectivity index (χ3n) is 3.23. The van der Waals surface area contributed by atoms with Crippen molar-refractivity contribution in [3.8, 4) is 11.6 Å². The lowest BCUT2D eigenvalue weighted by Crippen LogP contribution is -1.84. The quantitative estimate of drug-likeness (QED) is 0.531. The molecule has 4 aromatic rings. The third kappa shape index (κ3) is 1.70. The van der Waals surface area contributed by atoms with E-state index >= 15 is 0 Å². The fraction of sp³-hybridized carbons (Fsp3) is 0. The minimum atomic E-state index is 0.511. The maximum absolute atomic E-state index is 5.74. The summed E-state index contributed by atoms with van der Waals surface area (Å²) >= 11 is 0. The van der Waals surface area contributed by atoms with Crippen LogP contribution in [0.1, 0.15) is 0 Å². The lowest BCUT2D eigenvalue weighted by molar-refractivity contribution is 0.617. The summed E-state index contributed by atoms with van der Waals surface area (Å²) in [6.45, 7) is 0. The Kier molecular flexibility index (Phi) is 2.23. The first kappa shape index (κ1) is 11.0. The Morgan fingerprint density at radius 3 is 2.70 bits per heavy atom. The van der Waals surface area contributed by atoms with E-state index in [1.165, 1.54) is 0 Å². The predicted octanol–water partition coefficient (Wildman–Crippen LogP) is 3.63. The SMILES string of the molecule is Nc1ccc2nc(-c3ccc4ccccc4n3)oc2c1. The number of nitrogen functional groups attached to an aromatic ring is 1. The number of benzene rings is 2. The Morgan fingerprint density at radius 2 is 1.75 bits per heavy atom. The molecule has 0 amide bonds. The lowest BCUT2D eigenvalue weighted by Gasteiger charge is -1.98. The Balaban J connectivity index is 1.91. The van der Waals surface area contributed by atoms with Crippen LogP contribution < -0.4 is 5.73 Å². The van der Waals surface area contributed by atoms with Gasteiger partial charge >= 0.3 is 0 Å². The summed E-state index contributed by atoms with van der Waals surface area (Å²) in [6, 6.07) is 17.3. The molecular formula is C16H11N3O. The summed E-state index contributed by atoms with van der Waals surface area (Å²) in [6.07, 6.45) is 0. The second-order valence-electron chi connectivity index (χ2n) is 4.64. The number of aromatic nitrogens is 2. The van der Waals surface area contributed by atoms with E-state index in [9.17, 15) is 0 Å². The summed E-state index contributed by atoms with van der Waals surface area (Å²) < 4.78 is 5.73. The van der Waals surface area contributed by atoms with Gasteiger partial charge in [0.1, 0.15) is 11.2 Å². The molecule has 0 aliphatic heterocycles. The van der Waals surface area contributed by atoms with Crippen molar-refractivity contribution in [1.82, 2.24) is 9.97 Å². The van der Waals surface area contributed by atoms with Crippen molar-refractivity contribution in [3.63, 3.8) is 0 Å². The molecule has 0 unspecified atom stereocenters. The molecule has 0 spiro atoms. The molecule has 0 saturated heterocycles. The molecule has 2 aromatic carbocycles. The van der Waals surface area contributed by atoms with Gasteiger partial charge in [-0.3, -0.25) is 0 Å². The first-order valence-corrected chi connectivity index (χ1v) is 6.32. The Bertz CT molecular complexity index is 927. The molecule has 2 heterocycles. The van der Waals surface area contributed by atoms with E-state index in [4.69, 9.17) is 10.2 Å². The molecule has 96 valence electrons. The average Bonchev–Trinajstić information content (AvgIpc) is 2.89. The van der Waals surface area contributed by atoms with E-state index in [0.29, 0.717) is 17.2 Å². The van der Waals surface area contributed by atoms with Gasteiger partial charge in [-0.1, -0.05) is 24.3 Å². The van der Waals surface area contributed by atoms with Crippen LogP contribution in [-0.4, -0.2) is 9.97 Å². The van der Waals surface area contributed by atoms with Gasteiger partial charge in [0.25, 0.3) is 0 Å². The molecule has 0 saturated carbocycles. The lowest BCUT2D eigenvalue weighted by atomic mass is 10.2. The number of pyridine rings is 1. The van der Waals surface area contributed by atoms with Gasteiger partial charge in [0.15, 0.2) is 5.58 Å².